The number of rotatable bonds is 2. The fourth-order valence-electron chi connectivity index (χ4n) is 2.11. The zero-order valence-electron chi connectivity index (χ0n) is 8.32. The molecule has 1 saturated carbocycles. The van der Waals surface area contributed by atoms with Crippen LogP contribution in [0.4, 0.5) is 0 Å². The van der Waals surface area contributed by atoms with Crippen molar-refractivity contribution in [3.63, 3.8) is 0 Å². The molecule has 0 heterocycles. The topological polar surface area (TPSA) is 43.1 Å². The highest BCUT2D eigenvalue weighted by Gasteiger charge is 2.26. The molecule has 0 bridgehead atoms. The maximum atomic E-state index is 10.1. The Morgan fingerprint density at radius 1 is 1.54 bits per heavy atom. The first-order chi connectivity index (χ1) is 5.99. The van der Waals surface area contributed by atoms with Gasteiger partial charge in [-0.25, -0.2) is 0 Å². The van der Waals surface area contributed by atoms with E-state index in [0.717, 1.165) is 19.0 Å². The molecular weight excluding hydrogens is 166 g/mol. The first-order valence-corrected chi connectivity index (χ1v) is 4.81. The third-order valence-corrected chi connectivity index (χ3v) is 2.72. The van der Waals surface area contributed by atoms with Crippen molar-refractivity contribution in [2.75, 3.05) is 0 Å². The summed E-state index contributed by atoms with van der Waals surface area (Å²) in [6.07, 6.45) is 7.47. The second kappa shape index (κ2) is 3.90. The molecule has 0 amide bonds. The monoisotopic (exact) mass is 183 g/mol. The number of nitro groups is 1. The number of hydrogen-bond donors (Lipinski definition) is 0. The van der Waals surface area contributed by atoms with E-state index in [9.17, 15) is 10.1 Å². The highest BCUT2D eigenvalue weighted by atomic mass is 16.6. The quantitative estimate of drug-likeness (QED) is 0.488. The summed E-state index contributed by atoms with van der Waals surface area (Å²) in [4.78, 5) is 9.75. The summed E-state index contributed by atoms with van der Waals surface area (Å²) in [6, 6.07) is 0. The molecule has 3 nitrogen and oxygen atoms in total. The lowest BCUT2D eigenvalue weighted by Crippen LogP contribution is -2.21. The van der Waals surface area contributed by atoms with Crippen molar-refractivity contribution in [1.29, 1.82) is 0 Å². The highest BCUT2D eigenvalue weighted by molar-refractivity contribution is 4.90. The number of allylic oxidation sites excluding steroid dienone is 1. The van der Waals surface area contributed by atoms with Crippen LogP contribution in [0.3, 0.4) is 0 Å². The summed E-state index contributed by atoms with van der Waals surface area (Å²) in [6.45, 7) is 4.47. The summed E-state index contributed by atoms with van der Waals surface area (Å²) in [5.41, 5.74) is 0.365. The molecular formula is C10H17NO2. The van der Waals surface area contributed by atoms with Crippen molar-refractivity contribution in [2.24, 2.45) is 11.3 Å². The van der Waals surface area contributed by atoms with Crippen molar-refractivity contribution < 1.29 is 4.92 Å². The Balaban J connectivity index is 2.48. The number of nitrogens with zero attached hydrogens (tertiary/aromatic N) is 1. The van der Waals surface area contributed by atoms with Gasteiger partial charge in [-0.3, -0.25) is 10.1 Å². The van der Waals surface area contributed by atoms with E-state index in [-0.39, 0.29) is 4.92 Å². The number of hydrogen-bond acceptors (Lipinski definition) is 2. The van der Waals surface area contributed by atoms with Gasteiger partial charge in [0, 0.05) is 0 Å². The predicted molar refractivity (Wildman–Crippen MR) is 51.9 cm³/mol. The Bertz CT molecular complexity index is 221. The van der Waals surface area contributed by atoms with Gasteiger partial charge in [0.25, 0.3) is 0 Å². The molecule has 0 aromatic heterocycles. The third kappa shape index (κ3) is 3.57. The van der Waals surface area contributed by atoms with E-state index in [1.54, 1.807) is 6.08 Å². The first kappa shape index (κ1) is 10.2. The van der Waals surface area contributed by atoms with Crippen LogP contribution in [0.2, 0.25) is 0 Å². The van der Waals surface area contributed by atoms with Crippen LogP contribution in [0.25, 0.3) is 0 Å². The van der Waals surface area contributed by atoms with Gasteiger partial charge in [-0.1, -0.05) is 20.3 Å². The van der Waals surface area contributed by atoms with Gasteiger partial charge in [-0.05, 0) is 36.7 Å². The van der Waals surface area contributed by atoms with Crippen LogP contribution in [0.1, 0.15) is 39.5 Å². The van der Waals surface area contributed by atoms with Crippen LogP contribution in [0.15, 0.2) is 12.3 Å². The Labute approximate surface area is 79.0 Å². The van der Waals surface area contributed by atoms with E-state index >= 15 is 0 Å². The summed E-state index contributed by atoms with van der Waals surface area (Å²) >= 11 is 0. The second-order valence-electron chi connectivity index (χ2n) is 4.65. The molecule has 0 aromatic carbocycles. The maximum absolute atomic E-state index is 10.1. The summed E-state index contributed by atoms with van der Waals surface area (Å²) < 4.78 is 0. The van der Waals surface area contributed by atoms with Gasteiger partial charge in [0.15, 0.2) is 0 Å². The van der Waals surface area contributed by atoms with Gasteiger partial charge in [-0.15, -0.1) is 0 Å². The predicted octanol–water partition coefficient (Wildman–Crippen LogP) is 2.99. The third-order valence-electron chi connectivity index (χ3n) is 2.72. The van der Waals surface area contributed by atoms with Gasteiger partial charge in [-0.2, -0.15) is 0 Å². The minimum atomic E-state index is -0.373. The summed E-state index contributed by atoms with van der Waals surface area (Å²) in [5, 5.41) is 10.1. The van der Waals surface area contributed by atoms with Crippen LogP contribution in [-0.4, -0.2) is 4.92 Å². The van der Waals surface area contributed by atoms with Crippen LogP contribution in [-0.2, 0) is 0 Å². The molecule has 0 spiro atoms. The lowest BCUT2D eigenvalue weighted by atomic mass is 9.72. The largest absolute Gasteiger partial charge is 0.259 e. The standard InChI is InChI=1S/C10H17NO2/c1-10(2)6-3-4-9(8-10)5-7-11(12)13/h5,7,9H,3-4,6,8H2,1-2H3/b7-5+. The Hall–Kier alpha value is -0.860. The molecule has 0 aromatic rings. The molecule has 0 aliphatic heterocycles. The van der Waals surface area contributed by atoms with Gasteiger partial charge >= 0.3 is 0 Å². The lowest BCUT2D eigenvalue weighted by Gasteiger charge is -2.33. The summed E-state index contributed by atoms with van der Waals surface area (Å²) in [7, 11) is 0. The van der Waals surface area contributed by atoms with Gasteiger partial charge < -0.3 is 0 Å². The molecule has 1 aliphatic carbocycles. The Kier molecular flexibility index (Phi) is 3.07. The molecule has 1 fully saturated rings. The van der Waals surface area contributed by atoms with Gasteiger partial charge in [0.05, 0.1) is 4.92 Å². The molecule has 0 saturated heterocycles. The van der Waals surface area contributed by atoms with Crippen molar-refractivity contribution in [1.82, 2.24) is 0 Å². The minimum Gasteiger partial charge on any atom is -0.259 e. The maximum Gasteiger partial charge on any atom is 0.230 e. The molecule has 1 rings (SSSR count). The molecule has 13 heavy (non-hydrogen) atoms. The fraction of sp³-hybridized carbons (Fsp3) is 0.800. The average Bonchev–Trinajstić information content (AvgIpc) is 1.99. The van der Waals surface area contributed by atoms with E-state index in [4.69, 9.17) is 0 Å². The van der Waals surface area contributed by atoms with E-state index in [0.29, 0.717) is 11.3 Å². The van der Waals surface area contributed by atoms with E-state index in [1.165, 1.54) is 12.8 Å². The normalized spacial score (nSPS) is 27.7. The van der Waals surface area contributed by atoms with Crippen molar-refractivity contribution in [3.05, 3.63) is 22.4 Å². The SMILES string of the molecule is CC1(C)CCCC(/C=C/[N+](=O)[O-])C1. The molecule has 0 N–H and O–H groups in total. The minimum absolute atomic E-state index is 0.365. The van der Waals surface area contributed by atoms with Crippen molar-refractivity contribution in [2.45, 2.75) is 39.5 Å². The van der Waals surface area contributed by atoms with Crippen molar-refractivity contribution >= 4 is 0 Å². The molecule has 1 unspecified atom stereocenters. The van der Waals surface area contributed by atoms with E-state index in [2.05, 4.69) is 13.8 Å². The van der Waals surface area contributed by atoms with E-state index in [1.807, 2.05) is 0 Å². The van der Waals surface area contributed by atoms with Gasteiger partial charge in [0.1, 0.15) is 0 Å². The highest BCUT2D eigenvalue weighted by Crippen LogP contribution is 2.38. The van der Waals surface area contributed by atoms with E-state index < -0.39 is 0 Å². The van der Waals surface area contributed by atoms with Crippen LogP contribution >= 0.6 is 0 Å². The molecule has 1 aliphatic rings. The van der Waals surface area contributed by atoms with Crippen LogP contribution in [0, 0.1) is 21.4 Å². The average molecular weight is 183 g/mol. The molecule has 1 atom stereocenters. The summed E-state index contributed by atoms with van der Waals surface area (Å²) in [5.74, 6) is 0.411. The fourth-order valence-corrected chi connectivity index (χ4v) is 2.11. The van der Waals surface area contributed by atoms with Gasteiger partial charge in [0.2, 0.25) is 6.20 Å². The Morgan fingerprint density at radius 3 is 2.77 bits per heavy atom. The second-order valence-corrected chi connectivity index (χ2v) is 4.65. The first-order valence-electron chi connectivity index (χ1n) is 4.81. The zero-order valence-corrected chi connectivity index (χ0v) is 8.32. The smallest absolute Gasteiger partial charge is 0.230 e. The zero-order chi connectivity index (χ0) is 9.90. The lowest BCUT2D eigenvalue weighted by molar-refractivity contribution is -0.402. The molecule has 74 valence electrons. The van der Waals surface area contributed by atoms with Crippen molar-refractivity contribution in [3.8, 4) is 0 Å². The molecule has 0 radical (unpaired) electrons. The molecule has 3 heteroatoms. The Morgan fingerprint density at radius 2 is 2.23 bits per heavy atom. The van der Waals surface area contributed by atoms with Crippen LogP contribution < -0.4 is 0 Å². The van der Waals surface area contributed by atoms with Crippen LogP contribution in [0.5, 0.6) is 0 Å².